The first-order chi connectivity index (χ1) is 16.3. The number of halogens is 2. The van der Waals surface area contributed by atoms with E-state index >= 15 is 0 Å². The molecule has 38 heavy (non-hydrogen) atoms. The normalized spacial score (nSPS) is 23.7. The average molecular weight is 586 g/mol. The number of hydrogen-bond acceptors (Lipinski definition) is 6. The van der Waals surface area contributed by atoms with Gasteiger partial charge in [0.05, 0.1) is 5.41 Å². The van der Waals surface area contributed by atoms with Crippen molar-refractivity contribution < 1.29 is 30.2 Å². The summed E-state index contributed by atoms with van der Waals surface area (Å²) in [5.41, 5.74) is -3.23. The Labute approximate surface area is 242 Å². The van der Waals surface area contributed by atoms with Crippen LogP contribution >= 0.6 is 24.8 Å². The predicted octanol–water partition coefficient (Wildman–Crippen LogP) is 7.03. The number of piperidine rings is 2. The van der Waals surface area contributed by atoms with Crippen LogP contribution in [-0.2, 0) is 9.59 Å². The molecule has 0 atom stereocenters. The highest BCUT2D eigenvalue weighted by Gasteiger charge is 2.61. The summed E-state index contributed by atoms with van der Waals surface area (Å²) in [6.07, 6.45) is 7.05. The maximum absolute atomic E-state index is 13.5. The maximum Gasteiger partial charge on any atom is 0.310 e. The Kier molecular flexibility index (Phi) is 13.1. The first-order valence-corrected chi connectivity index (χ1v) is 13.7. The highest BCUT2D eigenvalue weighted by molar-refractivity contribution is 5.85. The number of aliphatic carboxylic acids is 2. The Morgan fingerprint density at radius 3 is 1.29 bits per heavy atom. The zero-order valence-electron chi connectivity index (χ0n) is 24.7. The smallest absolute Gasteiger partial charge is 0.310 e. The number of carbonyl (C=O) groups is 2. The van der Waals surface area contributed by atoms with Crippen molar-refractivity contribution in [2.45, 2.75) is 148 Å². The van der Waals surface area contributed by atoms with Gasteiger partial charge in [0.15, 0.2) is 0 Å². The average Bonchev–Trinajstić information content (AvgIpc) is 2.70. The van der Waals surface area contributed by atoms with Crippen LogP contribution in [0.1, 0.15) is 126 Å². The Bertz CT molecular complexity index is 724. The van der Waals surface area contributed by atoms with Gasteiger partial charge in [-0.05, 0) is 106 Å². The van der Waals surface area contributed by atoms with Gasteiger partial charge in [-0.1, -0.05) is 25.7 Å². The van der Waals surface area contributed by atoms with E-state index in [0.29, 0.717) is 38.5 Å². The minimum Gasteiger partial charge on any atom is -0.481 e. The van der Waals surface area contributed by atoms with Crippen LogP contribution in [0, 0.1) is 17.3 Å². The number of nitrogens with zero attached hydrogens (tertiary/aromatic N) is 2. The van der Waals surface area contributed by atoms with E-state index in [-0.39, 0.29) is 43.1 Å². The van der Waals surface area contributed by atoms with Gasteiger partial charge in [0.1, 0.15) is 0 Å². The largest absolute Gasteiger partial charge is 0.481 e. The standard InChI is InChI=1S/C28H52N2O6.2ClH/c1-24(2)16-20(17-25(3,4)29(24)35)28(23(33)34,15-13-11-9-10-12-14-22(31)32)21-18-26(5,6)30(36)27(7,8)19-21;;/h20-21,35-36H,9-19H2,1-8H3,(H,31,32)(H,33,34);2*1H. The molecule has 0 amide bonds. The summed E-state index contributed by atoms with van der Waals surface area (Å²) in [5, 5.41) is 44.6. The monoisotopic (exact) mass is 584 g/mol. The van der Waals surface area contributed by atoms with Crippen molar-refractivity contribution >= 4 is 36.8 Å². The quantitative estimate of drug-likeness (QED) is 0.191. The first kappa shape index (κ1) is 37.4. The molecule has 0 aliphatic carbocycles. The summed E-state index contributed by atoms with van der Waals surface area (Å²) >= 11 is 0. The van der Waals surface area contributed by atoms with E-state index in [1.54, 1.807) is 0 Å². The van der Waals surface area contributed by atoms with Gasteiger partial charge in [-0.2, -0.15) is 10.1 Å². The zero-order chi connectivity index (χ0) is 27.7. The molecule has 2 rings (SSSR count). The Morgan fingerprint density at radius 2 is 0.974 bits per heavy atom. The van der Waals surface area contributed by atoms with Gasteiger partial charge in [-0.3, -0.25) is 9.59 Å². The summed E-state index contributed by atoms with van der Waals surface area (Å²) < 4.78 is 0. The Hall–Kier alpha value is -0.640. The van der Waals surface area contributed by atoms with Gasteiger partial charge in [-0.25, -0.2) is 0 Å². The topological polar surface area (TPSA) is 122 Å². The molecule has 0 aromatic rings. The fraction of sp³-hybridized carbons (Fsp3) is 0.929. The van der Waals surface area contributed by atoms with Gasteiger partial charge in [0.2, 0.25) is 0 Å². The van der Waals surface area contributed by atoms with Crippen molar-refractivity contribution in [1.29, 1.82) is 0 Å². The summed E-state index contributed by atoms with van der Waals surface area (Å²) in [6, 6.07) is 0. The molecule has 4 N–H and O–H groups in total. The Balaban J connectivity index is 0.00000684. The van der Waals surface area contributed by atoms with Gasteiger partial charge in [0.25, 0.3) is 0 Å². The van der Waals surface area contributed by atoms with Crippen molar-refractivity contribution in [3.8, 4) is 0 Å². The Morgan fingerprint density at radius 1 is 0.658 bits per heavy atom. The van der Waals surface area contributed by atoms with Crippen LogP contribution in [0.25, 0.3) is 0 Å². The molecule has 8 nitrogen and oxygen atoms in total. The van der Waals surface area contributed by atoms with Crippen LogP contribution < -0.4 is 0 Å². The molecule has 10 heteroatoms. The van der Waals surface area contributed by atoms with Crippen LogP contribution in [0.2, 0.25) is 0 Å². The van der Waals surface area contributed by atoms with Gasteiger partial charge in [-0.15, -0.1) is 24.8 Å². The zero-order valence-corrected chi connectivity index (χ0v) is 26.4. The lowest BCUT2D eigenvalue weighted by Crippen LogP contribution is -2.66. The lowest BCUT2D eigenvalue weighted by Gasteiger charge is -2.60. The number of unbranched alkanes of at least 4 members (excludes halogenated alkanes) is 4. The number of rotatable bonds is 11. The summed E-state index contributed by atoms with van der Waals surface area (Å²) in [5.74, 6) is -1.80. The highest BCUT2D eigenvalue weighted by atomic mass is 35.5. The van der Waals surface area contributed by atoms with Crippen LogP contribution in [0.4, 0.5) is 0 Å². The SMILES string of the molecule is CC1(C)CC(C(CCCCCCCC(=O)O)(C(=O)O)C2CC(C)(C)N(O)C(C)(C)C2)CC(C)(C)N1O.Cl.Cl. The molecule has 0 bridgehead atoms. The first-order valence-electron chi connectivity index (χ1n) is 13.7. The minimum absolute atomic E-state index is 0. The van der Waals surface area contributed by atoms with Gasteiger partial charge < -0.3 is 20.6 Å². The van der Waals surface area contributed by atoms with E-state index in [2.05, 4.69) is 0 Å². The van der Waals surface area contributed by atoms with E-state index < -0.39 is 39.5 Å². The molecular weight excluding hydrogens is 531 g/mol. The van der Waals surface area contributed by atoms with E-state index in [0.717, 1.165) is 25.7 Å². The highest BCUT2D eigenvalue weighted by Crippen LogP contribution is 2.58. The third kappa shape index (κ3) is 7.97. The van der Waals surface area contributed by atoms with E-state index in [1.807, 2.05) is 55.4 Å². The molecule has 0 aromatic heterocycles. The summed E-state index contributed by atoms with van der Waals surface area (Å²) in [4.78, 5) is 24.2. The van der Waals surface area contributed by atoms with Crippen molar-refractivity contribution in [1.82, 2.24) is 10.1 Å². The van der Waals surface area contributed by atoms with Crippen molar-refractivity contribution in [3.05, 3.63) is 0 Å². The minimum atomic E-state index is -0.979. The summed E-state index contributed by atoms with van der Waals surface area (Å²) in [7, 11) is 0. The van der Waals surface area contributed by atoms with Gasteiger partial charge >= 0.3 is 11.9 Å². The van der Waals surface area contributed by atoms with Crippen molar-refractivity contribution in [2.24, 2.45) is 17.3 Å². The predicted molar refractivity (Wildman–Crippen MR) is 154 cm³/mol. The van der Waals surface area contributed by atoms with Crippen molar-refractivity contribution in [2.75, 3.05) is 0 Å². The van der Waals surface area contributed by atoms with Crippen LogP contribution in [0.15, 0.2) is 0 Å². The second kappa shape index (κ2) is 13.3. The number of hydrogen-bond donors (Lipinski definition) is 4. The molecule has 0 radical (unpaired) electrons. The van der Waals surface area contributed by atoms with Crippen LogP contribution in [0.5, 0.6) is 0 Å². The molecule has 2 aliphatic heterocycles. The molecule has 2 saturated heterocycles. The number of hydroxylamine groups is 4. The number of carboxylic acid groups (broad SMARTS) is 2. The number of carboxylic acids is 2. The van der Waals surface area contributed by atoms with Gasteiger partial charge in [0, 0.05) is 28.6 Å². The fourth-order valence-electron chi connectivity index (χ4n) is 7.69. The molecule has 226 valence electrons. The third-order valence-electron chi connectivity index (χ3n) is 9.11. The lowest BCUT2D eigenvalue weighted by molar-refractivity contribution is -0.277. The molecule has 0 unspecified atom stereocenters. The maximum atomic E-state index is 13.5. The molecule has 2 heterocycles. The lowest BCUT2D eigenvalue weighted by atomic mass is 9.52. The molecule has 0 aromatic carbocycles. The molecular formula is C28H54Cl2N2O6. The molecule has 0 saturated carbocycles. The van der Waals surface area contributed by atoms with Crippen molar-refractivity contribution in [3.63, 3.8) is 0 Å². The second-order valence-electron chi connectivity index (χ2n) is 14.1. The second-order valence-corrected chi connectivity index (χ2v) is 14.1. The summed E-state index contributed by atoms with van der Waals surface area (Å²) in [6.45, 7) is 15.9. The van der Waals surface area contributed by atoms with E-state index in [1.165, 1.54) is 10.1 Å². The third-order valence-corrected chi connectivity index (χ3v) is 9.11. The van der Waals surface area contributed by atoms with Crippen LogP contribution in [-0.4, -0.2) is 64.8 Å². The van der Waals surface area contributed by atoms with E-state index in [4.69, 9.17) is 5.11 Å². The molecule has 2 fully saturated rings. The van der Waals surface area contributed by atoms with Crippen LogP contribution in [0.3, 0.4) is 0 Å². The molecule has 0 spiro atoms. The van der Waals surface area contributed by atoms with E-state index in [9.17, 15) is 25.1 Å². The fourth-order valence-corrected chi connectivity index (χ4v) is 7.69. The molecule has 2 aliphatic rings.